The van der Waals surface area contributed by atoms with E-state index in [2.05, 4.69) is 21.9 Å². The molecule has 1 aromatic heterocycles. The van der Waals surface area contributed by atoms with Crippen molar-refractivity contribution in [2.24, 2.45) is 0 Å². The molecule has 0 amide bonds. The van der Waals surface area contributed by atoms with E-state index in [-0.39, 0.29) is 0 Å². The molecule has 0 aliphatic heterocycles. The fraction of sp³-hybridized carbons (Fsp3) is 0.692. The Morgan fingerprint density at radius 1 is 1.21 bits per heavy atom. The van der Waals surface area contributed by atoms with Crippen molar-refractivity contribution in [2.75, 3.05) is 13.1 Å². The van der Waals surface area contributed by atoms with Crippen LogP contribution in [0.5, 0.6) is 0 Å². The number of hydrogen-bond acceptors (Lipinski definition) is 3. The van der Waals surface area contributed by atoms with Gasteiger partial charge in [0.1, 0.15) is 0 Å². The number of rotatable bonds is 10. The Morgan fingerprint density at radius 3 is 2.68 bits per heavy atom. The van der Waals surface area contributed by atoms with Crippen LogP contribution < -0.4 is 10.0 Å². The summed E-state index contributed by atoms with van der Waals surface area (Å²) in [5.74, 6) is 0. The Balaban J connectivity index is 2.45. The first-order valence-electron chi connectivity index (χ1n) is 6.97. The van der Waals surface area contributed by atoms with Gasteiger partial charge in [0.2, 0.25) is 10.0 Å². The molecule has 6 heteroatoms. The summed E-state index contributed by atoms with van der Waals surface area (Å²) >= 11 is 0. The lowest BCUT2D eigenvalue weighted by molar-refractivity contribution is 0.574. The van der Waals surface area contributed by atoms with Gasteiger partial charge in [0.25, 0.3) is 0 Å². The van der Waals surface area contributed by atoms with Crippen LogP contribution in [0.2, 0.25) is 0 Å². The van der Waals surface area contributed by atoms with Crippen molar-refractivity contribution < 1.29 is 8.42 Å². The minimum Gasteiger partial charge on any atom is -0.363 e. The Labute approximate surface area is 116 Å². The van der Waals surface area contributed by atoms with Gasteiger partial charge in [-0.2, -0.15) is 0 Å². The molecular weight excluding hydrogens is 262 g/mol. The summed E-state index contributed by atoms with van der Waals surface area (Å²) in [4.78, 5) is 3.29. The van der Waals surface area contributed by atoms with Crippen LogP contribution in [0.1, 0.15) is 45.2 Å². The highest BCUT2D eigenvalue weighted by Crippen LogP contribution is 2.10. The average molecular weight is 287 g/mol. The molecule has 0 fully saturated rings. The van der Waals surface area contributed by atoms with Gasteiger partial charge in [-0.05, 0) is 19.0 Å². The zero-order valence-corrected chi connectivity index (χ0v) is 12.6. The molecular formula is C13H25N3O2S. The van der Waals surface area contributed by atoms with E-state index in [9.17, 15) is 8.42 Å². The molecule has 0 saturated carbocycles. The number of aromatic amines is 1. The summed E-state index contributed by atoms with van der Waals surface area (Å²) in [7, 11) is -3.36. The van der Waals surface area contributed by atoms with Gasteiger partial charge < -0.3 is 10.3 Å². The molecule has 1 heterocycles. The minimum atomic E-state index is -3.36. The standard InChI is InChI=1S/C13H25N3O2S/c1-3-5-6-7-8-16-19(17,18)13-9-12(15-11-13)10-14-4-2/h9,11,14-16H,3-8,10H2,1-2H3. The van der Waals surface area contributed by atoms with E-state index in [0.717, 1.165) is 37.9 Å². The van der Waals surface area contributed by atoms with Crippen LogP contribution in [0.25, 0.3) is 0 Å². The predicted molar refractivity (Wildman–Crippen MR) is 77.5 cm³/mol. The van der Waals surface area contributed by atoms with Crippen molar-refractivity contribution in [3.63, 3.8) is 0 Å². The number of aromatic nitrogens is 1. The first kappa shape index (κ1) is 16.2. The van der Waals surface area contributed by atoms with E-state index in [1.54, 1.807) is 12.3 Å². The molecule has 0 aliphatic carbocycles. The lowest BCUT2D eigenvalue weighted by atomic mass is 10.2. The molecule has 0 saturated heterocycles. The largest absolute Gasteiger partial charge is 0.363 e. The van der Waals surface area contributed by atoms with Crippen LogP contribution in [0, 0.1) is 0 Å². The third-order valence-corrected chi connectivity index (χ3v) is 4.35. The molecule has 0 unspecified atom stereocenters. The van der Waals surface area contributed by atoms with Crippen LogP contribution >= 0.6 is 0 Å². The first-order chi connectivity index (χ1) is 9.10. The summed E-state index contributed by atoms with van der Waals surface area (Å²) in [6.45, 7) is 6.17. The van der Waals surface area contributed by atoms with Crippen molar-refractivity contribution in [3.05, 3.63) is 18.0 Å². The van der Waals surface area contributed by atoms with Gasteiger partial charge in [-0.25, -0.2) is 13.1 Å². The van der Waals surface area contributed by atoms with E-state index in [1.165, 1.54) is 0 Å². The molecule has 1 aromatic rings. The van der Waals surface area contributed by atoms with E-state index < -0.39 is 10.0 Å². The summed E-state index contributed by atoms with van der Waals surface area (Å²) in [5.41, 5.74) is 0.883. The quantitative estimate of drug-likeness (QED) is 0.576. The smallest absolute Gasteiger partial charge is 0.242 e. The number of hydrogen-bond donors (Lipinski definition) is 3. The zero-order chi connectivity index (χ0) is 14.1. The van der Waals surface area contributed by atoms with Gasteiger partial charge in [-0.1, -0.05) is 33.1 Å². The molecule has 0 radical (unpaired) electrons. The number of unbranched alkanes of at least 4 members (excludes halogenated alkanes) is 3. The maximum atomic E-state index is 12.0. The van der Waals surface area contributed by atoms with Crippen molar-refractivity contribution in [2.45, 2.75) is 51.0 Å². The van der Waals surface area contributed by atoms with E-state index in [4.69, 9.17) is 0 Å². The minimum absolute atomic E-state index is 0.316. The average Bonchev–Trinajstić information content (AvgIpc) is 2.85. The van der Waals surface area contributed by atoms with Crippen LogP contribution in [0.15, 0.2) is 17.2 Å². The van der Waals surface area contributed by atoms with Gasteiger partial charge in [0.05, 0.1) is 4.90 Å². The van der Waals surface area contributed by atoms with Gasteiger partial charge in [-0.15, -0.1) is 0 Å². The van der Waals surface area contributed by atoms with Crippen LogP contribution in [-0.2, 0) is 16.6 Å². The topological polar surface area (TPSA) is 74.0 Å². The third-order valence-electron chi connectivity index (χ3n) is 2.91. The highest BCUT2D eigenvalue weighted by atomic mass is 32.2. The van der Waals surface area contributed by atoms with Gasteiger partial charge in [-0.3, -0.25) is 0 Å². The molecule has 0 bridgehead atoms. The highest BCUT2D eigenvalue weighted by molar-refractivity contribution is 7.89. The first-order valence-corrected chi connectivity index (χ1v) is 8.46. The third kappa shape index (κ3) is 5.76. The lowest BCUT2D eigenvalue weighted by Crippen LogP contribution is -2.24. The Morgan fingerprint density at radius 2 is 2.00 bits per heavy atom. The molecule has 0 atom stereocenters. The fourth-order valence-electron chi connectivity index (χ4n) is 1.78. The second-order valence-corrected chi connectivity index (χ2v) is 6.37. The normalized spacial score (nSPS) is 11.9. The Hall–Kier alpha value is -0.850. The second-order valence-electron chi connectivity index (χ2n) is 4.60. The lowest BCUT2D eigenvalue weighted by Gasteiger charge is -2.04. The number of sulfonamides is 1. The summed E-state index contributed by atoms with van der Waals surface area (Å²) in [6, 6.07) is 1.68. The molecule has 0 spiro atoms. The number of nitrogens with one attached hydrogen (secondary N) is 3. The monoisotopic (exact) mass is 287 g/mol. The summed E-state index contributed by atoms with van der Waals surface area (Å²) in [6.07, 6.45) is 5.80. The van der Waals surface area contributed by atoms with E-state index >= 15 is 0 Å². The van der Waals surface area contributed by atoms with Gasteiger partial charge in [0.15, 0.2) is 0 Å². The van der Waals surface area contributed by atoms with Crippen LogP contribution in [0.4, 0.5) is 0 Å². The summed E-state index contributed by atoms with van der Waals surface area (Å²) in [5, 5.41) is 3.15. The molecule has 19 heavy (non-hydrogen) atoms. The van der Waals surface area contributed by atoms with Gasteiger partial charge >= 0.3 is 0 Å². The number of H-pyrrole nitrogens is 1. The van der Waals surface area contributed by atoms with Crippen molar-refractivity contribution in [3.8, 4) is 0 Å². The predicted octanol–water partition coefficient (Wildman–Crippen LogP) is 1.98. The molecule has 5 nitrogen and oxygen atoms in total. The maximum absolute atomic E-state index is 12.0. The van der Waals surface area contributed by atoms with Crippen molar-refractivity contribution in [1.29, 1.82) is 0 Å². The molecule has 110 valence electrons. The molecule has 0 aromatic carbocycles. The zero-order valence-electron chi connectivity index (χ0n) is 11.8. The Kier molecular flexibility index (Phi) is 7.12. The maximum Gasteiger partial charge on any atom is 0.242 e. The SMILES string of the molecule is CCCCCCNS(=O)(=O)c1c[nH]c(CNCC)c1. The molecule has 0 aliphatic rings. The van der Waals surface area contributed by atoms with E-state index in [0.29, 0.717) is 18.0 Å². The molecule has 1 rings (SSSR count). The highest BCUT2D eigenvalue weighted by Gasteiger charge is 2.14. The van der Waals surface area contributed by atoms with Crippen molar-refractivity contribution >= 4 is 10.0 Å². The van der Waals surface area contributed by atoms with E-state index in [1.807, 2.05) is 6.92 Å². The Bertz CT molecular complexity index is 454. The fourth-order valence-corrected chi connectivity index (χ4v) is 2.87. The van der Waals surface area contributed by atoms with Crippen molar-refractivity contribution in [1.82, 2.24) is 15.0 Å². The second kappa shape index (κ2) is 8.35. The molecule has 3 N–H and O–H groups in total. The van der Waals surface area contributed by atoms with Gasteiger partial charge in [0, 0.05) is 25.0 Å². The van der Waals surface area contributed by atoms with Crippen LogP contribution in [-0.4, -0.2) is 26.5 Å². The summed E-state index contributed by atoms with van der Waals surface area (Å²) < 4.78 is 26.6. The van der Waals surface area contributed by atoms with Crippen LogP contribution in [0.3, 0.4) is 0 Å².